The lowest BCUT2D eigenvalue weighted by Gasteiger charge is -2.29. The summed E-state index contributed by atoms with van der Waals surface area (Å²) in [6.07, 6.45) is -1.33. The Morgan fingerprint density at radius 2 is 1.68 bits per heavy atom. The summed E-state index contributed by atoms with van der Waals surface area (Å²) in [7, 11) is -11.0. The number of hydrazine groups is 1. The molecule has 0 radical (unpaired) electrons. The third kappa shape index (κ3) is 6.27. The molecule has 130 valence electrons. The van der Waals surface area contributed by atoms with Crippen LogP contribution in [0.3, 0.4) is 0 Å². The maximum absolute atomic E-state index is 11.2. The lowest BCUT2D eigenvalue weighted by atomic mass is 10.3. The van der Waals surface area contributed by atoms with Crippen LogP contribution in [0.15, 0.2) is 0 Å². The van der Waals surface area contributed by atoms with Crippen LogP contribution >= 0.6 is 26.8 Å². The van der Waals surface area contributed by atoms with Crippen molar-refractivity contribution in [1.29, 1.82) is 0 Å². The van der Waals surface area contributed by atoms with Crippen molar-refractivity contribution in [2.45, 2.75) is 17.9 Å². The fourth-order valence-electron chi connectivity index (χ4n) is 1.27. The number of alkyl halides is 1. The molecule has 2 amide bonds. The highest BCUT2D eigenvalue weighted by atomic mass is 35.5. The van der Waals surface area contributed by atoms with Gasteiger partial charge in [-0.25, -0.2) is 4.79 Å². The van der Waals surface area contributed by atoms with Crippen molar-refractivity contribution in [2.24, 2.45) is 0 Å². The van der Waals surface area contributed by atoms with E-state index in [9.17, 15) is 23.9 Å². The predicted octanol–water partition coefficient (Wildman–Crippen LogP) is -1.00. The van der Waals surface area contributed by atoms with Crippen LogP contribution in [0.4, 0.5) is 4.79 Å². The number of nitrogens with one attached hydrogen (secondary N) is 2. The van der Waals surface area contributed by atoms with Gasteiger partial charge >= 0.3 is 21.2 Å². The van der Waals surface area contributed by atoms with Crippen LogP contribution in [0.5, 0.6) is 0 Å². The van der Waals surface area contributed by atoms with E-state index in [1.54, 1.807) is 0 Å². The molecule has 0 unspecified atom stereocenters. The third-order valence-electron chi connectivity index (χ3n) is 2.42. The minimum atomic E-state index is -5.51. The third-order valence-corrected chi connectivity index (χ3v) is 6.47. The SMILES string of the molecule is O=C(NCCCC(O)(P(=O)(O)O)P(=O)(O)O)N[N+](=O)CCCl. The topological polar surface area (TPSA) is 196 Å². The number of amides is 2. The lowest BCUT2D eigenvalue weighted by Crippen LogP contribution is -2.42. The second-order valence-electron chi connectivity index (χ2n) is 4.12. The molecule has 22 heavy (non-hydrogen) atoms. The highest BCUT2D eigenvalue weighted by Crippen LogP contribution is 2.69. The molecule has 0 aliphatic carbocycles. The summed E-state index contributed by atoms with van der Waals surface area (Å²) in [6.45, 7) is -0.478. The molecule has 0 saturated heterocycles. The first-order valence-electron chi connectivity index (χ1n) is 5.74. The molecular weight excluding hydrogens is 367 g/mol. The van der Waals surface area contributed by atoms with E-state index in [2.05, 4.69) is 5.32 Å². The number of rotatable bonds is 9. The molecule has 0 atom stereocenters. The molecule has 0 aliphatic rings. The molecule has 0 fully saturated rings. The molecule has 0 aliphatic heterocycles. The molecule has 0 aromatic carbocycles. The minimum Gasteiger partial charge on any atom is -0.368 e. The van der Waals surface area contributed by atoms with E-state index in [4.69, 9.17) is 31.2 Å². The highest BCUT2D eigenvalue weighted by molar-refractivity contribution is 7.72. The van der Waals surface area contributed by atoms with Gasteiger partial charge in [0.25, 0.3) is 5.08 Å². The molecule has 0 bridgehead atoms. The normalized spacial score (nSPS) is 12.8. The van der Waals surface area contributed by atoms with E-state index >= 15 is 0 Å². The number of urea groups is 1. The van der Waals surface area contributed by atoms with Gasteiger partial charge in [-0.1, -0.05) is 5.43 Å². The number of carbonyl (C=O) groups is 1. The quantitative estimate of drug-likeness (QED) is 0.0856. The Bertz CT molecular complexity index is 481. The molecule has 15 heteroatoms. The van der Waals surface area contributed by atoms with Crippen LogP contribution in [0, 0.1) is 4.91 Å². The molecular formula is C7H17ClN3O9P2+. The van der Waals surface area contributed by atoms with E-state index in [0.29, 0.717) is 0 Å². The van der Waals surface area contributed by atoms with E-state index in [1.165, 1.54) is 0 Å². The monoisotopic (exact) mass is 384 g/mol. The maximum Gasteiger partial charge on any atom is 0.371 e. The first-order chi connectivity index (χ1) is 9.85. The minimum absolute atomic E-state index is 0.0264. The molecule has 0 heterocycles. The smallest absolute Gasteiger partial charge is 0.368 e. The van der Waals surface area contributed by atoms with Gasteiger partial charge in [-0.05, 0) is 6.42 Å². The van der Waals surface area contributed by atoms with Crippen molar-refractivity contribution in [3.63, 3.8) is 0 Å². The zero-order chi connectivity index (χ0) is 17.6. The van der Waals surface area contributed by atoms with Crippen LogP contribution < -0.4 is 10.7 Å². The van der Waals surface area contributed by atoms with Crippen LogP contribution in [0.1, 0.15) is 12.8 Å². The second-order valence-corrected chi connectivity index (χ2v) is 8.51. The van der Waals surface area contributed by atoms with E-state index in [1.807, 2.05) is 5.43 Å². The van der Waals surface area contributed by atoms with E-state index in [-0.39, 0.29) is 30.3 Å². The number of halogens is 1. The Morgan fingerprint density at radius 1 is 1.18 bits per heavy atom. The van der Waals surface area contributed by atoms with Gasteiger partial charge in [0.05, 0.1) is 10.8 Å². The largest absolute Gasteiger partial charge is 0.371 e. The Balaban J connectivity index is 4.44. The zero-order valence-corrected chi connectivity index (χ0v) is 13.7. The van der Waals surface area contributed by atoms with Gasteiger partial charge in [-0.2, -0.15) is 0 Å². The first-order valence-corrected chi connectivity index (χ1v) is 9.50. The number of nitrogens with zero attached hydrogens (tertiary/aromatic N) is 1. The summed E-state index contributed by atoms with van der Waals surface area (Å²) < 4.78 is 22.1. The standard InChI is InChI=1S/C7H16ClN3O9P2/c8-3-5-11(14)10-6(12)9-4-1-2-7(13,21(15,16)17)22(18,19)20/h13H,1-5H2,(H5-,9,10,12,14,15,16,17,18,19,20)/p+1. The summed E-state index contributed by atoms with van der Waals surface area (Å²) in [5.41, 5.74) is 1.81. The van der Waals surface area contributed by atoms with Crippen molar-refractivity contribution in [1.82, 2.24) is 10.7 Å². The van der Waals surface area contributed by atoms with Crippen molar-refractivity contribution < 1.29 is 43.5 Å². The molecule has 0 spiro atoms. The Labute approximate surface area is 129 Å². The Hall–Kier alpha value is -0.580. The summed E-state index contributed by atoms with van der Waals surface area (Å²) >= 11 is 5.25. The number of hydrogen-bond acceptors (Lipinski definition) is 5. The van der Waals surface area contributed by atoms with Crippen LogP contribution in [0.25, 0.3) is 0 Å². The van der Waals surface area contributed by atoms with Gasteiger partial charge in [-0.15, -0.1) is 11.6 Å². The lowest BCUT2D eigenvalue weighted by molar-refractivity contribution is -0.588. The summed E-state index contributed by atoms with van der Waals surface area (Å²) in [4.78, 5) is 57.7. The van der Waals surface area contributed by atoms with Gasteiger partial charge in [-0.3, -0.25) is 9.13 Å². The van der Waals surface area contributed by atoms with Crippen molar-refractivity contribution in [2.75, 3.05) is 19.0 Å². The molecule has 12 nitrogen and oxygen atoms in total. The van der Waals surface area contributed by atoms with Gasteiger partial charge < -0.3 is 30.0 Å². The number of hydrogen-bond donors (Lipinski definition) is 7. The fourth-order valence-corrected chi connectivity index (χ4v) is 3.68. The molecule has 7 N–H and O–H groups in total. The Morgan fingerprint density at radius 3 is 2.09 bits per heavy atom. The van der Waals surface area contributed by atoms with Crippen molar-refractivity contribution in [3.05, 3.63) is 4.91 Å². The summed E-state index contributed by atoms with van der Waals surface area (Å²) in [6, 6.07) is -0.948. The molecule has 0 aromatic heterocycles. The van der Waals surface area contributed by atoms with Gasteiger partial charge in [0.15, 0.2) is 0 Å². The van der Waals surface area contributed by atoms with Crippen molar-refractivity contribution >= 4 is 32.8 Å². The van der Waals surface area contributed by atoms with Crippen molar-refractivity contribution in [3.8, 4) is 0 Å². The van der Waals surface area contributed by atoms with Crippen LogP contribution in [0.2, 0.25) is 0 Å². The number of aliphatic hydroxyl groups is 1. The van der Waals surface area contributed by atoms with Gasteiger partial charge in [0, 0.05) is 13.0 Å². The first kappa shape index (κ1) is 21.4. The van der Waals surface area contributed by atoms with Gasteiger partial charge in [0.1, 0.15) is 4.87 Å². The number of nitroso groups, excluding NO2 is 1. The zero-order valence-electron chi connectivity index (χ0n) is 11.1. The molecule has 0 saturated carbocycles. The van der Waals surface area contributed by atoms with E-state index < -0.39 is 32.7 Å². The molecule has 0 rings (SSSR count). The maximum atomic E-state index is 11.2. The van der Waals surface area contributed by atoms with Crippen LogP contribution in [-0.2, 0) is 9.13 Å². The number of carbonyl (C=O) groups excluding carboxylic acids is 1. The van der Waals surface area contributed by atoms with Gasteiger partial charge in [0.2, 0.25) is 6.54 Å². The fraction of sp³-hybridized carbons (Fsp3) is 0.857. The van der Waals surface area contributed by atoms with E-state index in [0.717, 1.165) is 0 Å². The Kier molecular flexibility index (Phi) is 8.10. The van der Waals surface area contributed by atoms with Crippen LogP contribution in [-0.4, -0.2) is 59.6 Å². The summed E-state index contributed by atoms with van der Waals surface area (Å²) in [5.74, 6) is -0.0264. The average molecular weight is 385 g/mol. The second kappa shape index (κ2) is 8.32. The highest BCUT2D eigenvalue weighted by Gasteiger charge is 2.58. The average Bonchev–Trinajstić information content (AvgIpc) is 2.31. The molecule has 0 aromatic rings. The summed E-state index contributed by atoms with van der Waals surface area (Å²) in [5, 5.41) is 8.11. The predicted molar refractivity (Wildman–Crippen MR) is 74.0 cm³/mol.